The fraction of sp³-hybridized carbons (Fsp3) is 0.429. The van der Waals surface area contributed by atoms with Crippen LogP contribution in [0.15, 0.2) is 45.4 Å². The molecule has 160 valence electrons. The SMILES string of the molecule is Cc1ccc(S(=O)(=O)NCC2CCCN(Cc3cc(=O)n4c(C)csc4n3)C2)cc1. The second kappa shape index (κ2) is 8.58. The summed E-state index contributed by atoms with van der Waals surface area (Å²) in [7, 11) is -3.50. The molecule has 1 aliphatic heterocycles. The fourth-order valence-electron chi connectivity index (χ4n) is 3.90. The molecular formula is C21H26N4O3S2. The lowest BCUT2D eigenvalue weighted by Crippen LogP contribution is -2.40. The summed E-state index contributed by atoms with van der Waals surface area (Å²) in [6.07, 6.45) is 1.97. The van der Waals surface area contributed by atoms with Gasteiger partial charge in [-0.2, -0.15) is 0 Å². The number of aromatic nitrogens is 2. The van der Waals surface area contributed by atoms with Gasteiger partial charge in [0.05, 0.1) is 10.6 Å². The van der Waals surface area contributed by atoms with Gasteiger partial charge in [-0.15, -0.1) is 11.3 Å². The molecule has 9 heteroatoms. The van der Waals surface area contributed by atoms with Crippen molar-refractivity contribution in [1.29, 1.82) is 0 Å². The zero-order valence-electron chi connectivity index (χ0n) is 17.2. The third-order valence-corrected chi connectivity index (χ3v) is 7.89. The molecule has 4 rings (SSSR count). The Labute approximate surface area is 180 Å². The fourth-order valence-corrected chi connectivity index (χ4v) is 5.91. The molecule has 1 atom stereocenters. The molecule has 1 aromatic carbocycles. The number of nitrogens with zero attached hydrogens (tertiary/aromatic N) is 3. The summed E-state index contributed by atoms with van der Waals surface area (Å²) in [5.41, 5.74) is 2.65. The minimum absolute atomic E-state index is 0.0480. The molecule has 0 aliphatic carbocycles. The lowest BCUT2D eigenvalue weighted by molar-refractivity contribution is 0.167. The molecule has 7 nitrogen and oxygen atoms in total. The first-order valence-electron chi connectivity index (χ1n) is 10.1. The summed E-state index contributed by atoms with van der Waals surface area (Å²) in [5, 5.41) is 1.94. The van der Waals surface area contributed by atoms with E-state index >= 15 is 0 Å². The van der Waals surface area contributed by atoms with Crippen LogP contribution in [0.5, 0.6) is 0 Å². The number of piperidine rings is 1. The highest BCUT2D eigenvalue weighted by molar-refractivity contribution is 7.89. The summed E-state index contributed by atoms with van der Waals surface area (Å²) >= 11 is 1.47. The van der Waals surface area contributed by atoms with E-state index in [1.165, 1.54) is 11.3 Å². The van der Waals surface area contributed by atoms with Gasteiger partial charge in [0.2, 0.25) is 10.0 Å². The van der Waals surface area contributed by atoms with E-state index in [4.69, 9.17) is 0 Å². The van der Waals surface area contributed by atoms with Crippen LogP contribution in [-0.2, 0) is 16.6 Å². The van der Waals surface area contributed by atoms with Gasteiger partial charge in [-0.25, -0.2) is 18.1 Å². The topological polar surface area (TPSA) is 83.8 Å². The molecule has 2 aromatic heterocycles. The van der Waals surface area contributed by atoms with E-state index in [0.29, 0.717) is 18.0 Å². The molecule has 3 heterocycles. The molecule has 1 unspecified atom stereocenters. The number of fused-ring (bicyclic) bond motifs is 1. The Morgan fingerprint density at radius 1 is 1.23 bits per heavy atom. The molecule has 0 amide bonds. The molecular weight excluding hydrogens is 420 g/mol. The zero-order chi connectivity index (χ0) is 21.3. The lowest BCUT2D eigenvalue weighted by Gasteiger charge is -2.32. The number of hydrogen-bond donors (Lipinski definition) is 1. The highest BCUT2D eigenvalue weighted by atomic mass is 32.2. The van der Waals surface area contributed by atoms with Gasteiger partial charge >= 0.3 is 0 Å². The number of likely N-dealkylation sites (tertiary alicyclic amines) is 1. The number of hydrogen-bond acceptors (Lipinski definition) is 6. The Morgan fingerprint density at radius 3 is 2.77 bits per heavy atom. The van der Waals surface area contributed by atoms with E-state index in [1.54, 1.807) is 34.7 Å². The number of nitrogens with one attached hydrogen (secondary N) is 1. The van der Waals surface area contributed by atoms with Gasteiger partial charge in [-0.1, -0.05) is 17.7 Å². The number of sulfonamides is 1. The van der Waals surface area contributed by atoms with E-state index in [0.717, 1.165) is 47.8 Å². The van der Waals surface area contributed by atoms with Crippen molar-refractivity contribution in [2.45, 2.75) is 38.1 Å². The maximum atomic E-state index is 12.6. The molecule has 0 spiro atoms. The monoisotopic (exact) mass is 446 g/mol. The highest BCUT2D eigenvalue weighted by Gasteiger charge is 2.23. The number of aryl methyl sites for hydroxylation is 2. The average Bonchev–Trinajstić information content (AvgIpc) is 3.08. The van der Waals surface area contributed by atoms with Crippen LogP contribution >= 0.6 is 11.3 Å². The van der Waals surface area contributed by atoms with Crippen molar-refractivity contribution in [1.82, 2.24) is 19.0 Å². The van der Waals surface area contributed by atoms with E-state index in [2.05, 4.69) is 14.6 Å². The Bertz CT molecular complexity index is 1200. The quantitative estimate of drug-likeness (QED) is 0.629. The van der Waals surface area contributed by atoms with Crippen LogP contribution < -0.4 is 10.3 Å². The van der Waals surface area contributed by atoms with E-state index in [1.807, 2.05) is 19.2 Å². The minimum Gasteiger partial charge on any atom is -0.297 e. The second-order valence-electron chi connectivity index (χ2n) is 7.99. The third-order valence-electron chi connectivity index (χ3n) is 5.51. The highest BCUT2D eigenvalue weighted by Crippen LogP contribution is 2.19. The lowest BCUT2D eigenvalue weighted by atomic mass is 9.98. The minimum atomic E-state index is -3.50. The molecule has 0 bridgehead atoms. The molecule has 30 heavy (non-hydrogen) atoms. The predicted octanol–water partition coefficient (Wildman–Crippen LogP) is 2.56. The van der Waals surface area contributed by atoms with Crippen LogP contribution in [0.1, 0.15) is 29.8 Å². The molecule has 3 aromatic rings. The largest absolute Gasteiger partial charge is 0.297 e. The molecule has 1 fully saturated rings. The van der Waals surface area contributed by atoms with E-state index < -0.39 is 10.0 Å². The molecule has 1 saturated heterocycles. The van der Waals surface area contributed by atoms with Gasteiger partial charge in [0, 0.05) is 36.8 Å². The van der Waals surface area contributed by atoms with Crippen molar-refractivity contribution in [3.63, 3.8) is 0 Å². The van der Waals surface area contributed by atoms with Gasteiger partial charge in [0.15, 0.2) is 4.96 Å². The van der Waals surface area contributed by atoms with E-state index in [-0.39, 0.29) is 11.5 Å². The van der Waals surface area contributed by atoms with Crippen molar-refractivity contribution in [2.24, 2.45) is 5.92 Å². The smallest absolute Gasteiger partial charge is 0.259 e. The summed E-state index contributed by atoms with van der Waals surface area (Å²) in [6.45, 7) is 6.54. The van der Waals surface area contributed by atoms with Crippen LogP contribution in [0, 0.1) is 19.8 Å². The van der Waals surface area contributed by atoms with Crippen molar-refractivity contribution in [2.75, 3.05) is 19.6 Å². The first-order chi connectivity index (χ1) is 14.3. The van der Waals surface area contributed by atoms with Crippen molar-refractivity contribution < 1.29 is 8.42 Å². The van der Waals surface area contributed by atoms with Gasteiger partial charge in [0.25, 0.3) is 5.56 Å². The van der Waals surface area contributed by atoms with Crippen molar-refractivity contribution in [3.8, 4) is 0 Å². The maximum absolute atomic E-state index is 12.6. The van der Waals surface area contributed by atoms with Crippen molar-refractivity contribution in [3.05, 3.63) is 63.0 Å². The van der Waals surface area contributed by atoms with Crippen LogP contribution in [0.3, 0.4) is 0 Å². The average molecular weight is 447 g/mol. The molecule has 1 N–H and O–H groups in total. The van der Waals surface area contributed by atoms with E-state index in [9.17, 15) is 13.2 Å². The Balaban J connectivity index is 1.39. The standard InChI is InChI=1S/C21H26N4O3S2/c1-15-5-7-19(8-6-15)30(27,28)22-11-17-4-3-9-24(12-17)13-18-10-20(26)25-16(2)14-29-21(25)23-18/h5-8,10,14,17,22H,3-4,9,11-13H2,1-2H3. The van der Waals surface area contributed by atoms with Gasteiger partial charge in [0.1, 0.15) is 0 Å². The second-order valence-corrected chi connectivity index (χ2v) is 10.6. The Kier molecular flexibility index (Phi) is 6.06. The first-order valence-corrected chi connectivity index (χ1v) is 12.4. The molecule has 0 radical (unpaired) electrons. The van der Waals surface area contributed by atoms with Crippen LogP contribution in [0.25, 0.3) is 4.96 Å². The van der Waals surface area contributed by atoms with Crippen molar-refractivity contribution >= 4 is 26.3 Å². The van der Waals surface area contributed by atoms with Gasteiger partial charge in [-0.3, -0.25) is 14.1 Å². The molecule has 0 saturated carbocycles. The van der Waals surface area contributed by atoms with Gasteiger partial charge in [-0.05, 0) is 51.3 Å². The number of benzene rings is 1. The number of rotatable bonds is 6. The number of thiazole rings is 1. The Morgan fingerprint density at radius 2 is 2.00 bits per heavy atom. The summed E-state index contributed by atoms with van der Waals surface area (Å²) in [6, 6.07) is 8.49. The van der Waals surface area contributed by atoms with Crippen LogP contribution in [0.4, 0.5) is 0 Å². The zero-order valence-corrected chi connectivity index (χ0v) is 18.8. The molecule has 1 aliphatic rings. The normalized spacial score (nSPS) is 18.1. The summed E-state index contributed by atoms with van der Waals surface area (Å²) < 4.78 is 29.5. The van der Waals surface area contributed by atoms with Crippen LogP contribution in [-0.4, -0.2) is 42.3 Å². The Hall–Kier alpha value is -2.07. The first kappa shape index (κ1) is 21.2. The summed E-state index contributed by atoms with van der Waals surface area (Å²) in [5.74, 6) is 0.229. The summed E-state index contributed by atoms with van der Waals surface area (Å²) in [4.78, 5) is 20.3. The van der Waals surface area contributed by atoms with Crippen LogP contribution in [0.2, 0.25) is 0 Å². The predicted molar refractivity (Wildman–Crippen MR) is 118 cm³/mol. The van der Waals surface area contributed by atoms with Gasteiger partial charge < -0.3 is 0 Å². The maximum Gasteiger partial charge on any atom is 0.259 e. The third kappa shape index (κ3) is 4.64.